The van der Waals surface area contributed by atoms with E-state index < -0.39 is 11.4 Å². The van der Waals surface area contributed by atoms with Gasteiger partial charge in [0.25, 0.3) is 0 Å². The lowest BCUT2D eigenvalue weighted by Crippen LogP contribution is -2.07. The number of rotatable bonds is 2. The average Bonchev–Trinajstić information content (AvgIpc) is 2.85. The average molecular weight is 214 g/mol. The molecule has 76 valence electrons. The van der Waals surface area contributed by atoms with Gasteiger partial charge in [-0.1, -0.05) is 0 Å². The molecule has 0 heterocycles. The lowest BCUT2D eigenvalue weighted by molar-refractivity contribution is 0.146. The third kappa shape index (κ3) is 1.38. The summed E-state index contributed by atoms with van der Waals surface area (Å²) in [5.74, 6) is -0.555. The van der Waals surface area contributed by atoms with Gasteiger partial charge in [0, 0.05) is 5.56 Å². The fourth-order valence-corrected chi connectivity index (χ4v) is 2.05. The summed E-state index contributed by atoms with van der Waals surface area (Å²) in [7, 11) is 0. The number of hydrogen-bond acceptors (Lipinski definition) is 3. The first-order valence-corrected chi connectivity index (χ1v) is 5.59. The fraction of sp³-hybridized carbons (Fsp3) is 0.400. The molecule has 0 aromatic heterocycles. The maximum Gasteiger partial charge on any atom is 0.146 e. The van der Waals surface area contributed by atoms with Crippen LogP contribution < -0.4 is 0 Å². The van der Waals surface area contributed by atoms with Gasteiger partial charge in [0.15, 0.2) is 0 Å². The fourth-order valence-electron chi connectivity index (χ4n) is 1.49. The minimum Gasteiger partial charge on any atom is -0.507 e. The molecule has 0 atom stereocenters. The van der Waals surface area contributed by atoms with Gasteiger partial charge in [-0.3, -0.25) is 0 Å². The van der Waals surface area contributed by atoms with E-state index in [1.165, 1.54) is 12.1 Å². The highest BCUT2D eigenvalue weighted by Gasteiger charge is 2.44. The van der Waals surface area contributed by atoms with Gasteiger partial charge in [-0.2, -0.15) is 0 Å². The Morgan fingerprint density at radius 2 is 2.07 bits per heavy atom. The molecule has 4 heteroatoms. The van der Waals surface area contributed by atoms with Gasteiger partial charge in [0.05, 0.1) is 10.5 Å². The van der Waals surface area contributed by atoms with E-state index in [-0.39, 0.29) is 10.6 Å². The number of phenols is 1. The number of aromatic hydroxyl groups is 1. The Morgan fingerprint density at radius 1 is 1.43 bits per heavy atom. The quantitative estimate of drug-likeness (QED) is 0.742. The van der Waals surface area contributed by atoms with Crippen molar-refractivity contribution in [1.82, 2.24) is 0 Å². The van der Waals surface area contributed by atoms with E-state index in [1.807, 2.05) is 0 Å². The van der Waals surface area contributed by atoms with Crippen LogP contribution in [-0.2, 0) is 5.60 Å². The molecule has 0 amide bonds. The number of thioether (sulfide) groups is 1. The number of halogens is 1. The van der Waals surface area contributed by atoms with Crippen molar-refractivity contribution in [3.63, 3.8) is 0 Å². The summed E-state index contributed by atoms with van der Waals surface area (Å²) in [6.45, 7) is 0. The van der Waals surface area contributed by atoms with Crippen LogP contribution in [0, 0.1) is 5.82 Å². The Balaban J connectivity index is 2.53. The molecule has 1 aromatic carbocycles. The molecule has 0 bridgehead atoms. The maximum atomic E-state index is 13.7. The second-order valence-electron chi connectivity index (χ2n) is 3.51. The van der Waals surface area contributed by atoms with Gasteiger partial charge in [-0.05, 0) is 31.2 Å². The zero-order valence-corrected chi connectivity index (χ0v) is 8.57. The zero-order chi connectivity index (χ0) is 10.3. The Kier molecular flexibility index (Phi) is 2.20. The summed E-state index contributed by atoms with van der Waals surface area (Å²) in [5, 5.41) is 19.1. The highest BCUT2D eigenvalue weighted by molar-refractivity contribution is 7.98. The minimum atomic E-state index is -0.984. The molecule has 0 unspecified atom stereocenters. The largest absolute Gasteiger partial charge is 0.507 e. The van der Waals surface area contributed by atoms with Gasteiger partial charge in [0.2, 0.25) is 0 Å². The molecule has 2 N–H and O–H groups in total. The van der Waals surface area contributed by atoms with Crippen LogP contribution in [0.15, 0.2) is 17.0 Å². The van der Waals surface area contributed by atoms with Gasteiger partial charge in [-0.25, -0.2) is 4.39 Å². The normalized spacial score (nSPS) is 18.2. The Hall–Kier alpha value is -0.740. The van der Waals surface area contributed by atoms with E-state index in [0.29, 0.717) is 18.4 Å². The summed E-state index contributed by atoms with van der Waals surface area (Å²) in [4.78, 5) is 0.211. The second kappa shape index (κ2) is 3.14. The van der Waals surface area contributed by atoms with Gasteiger partial charge >= 0.3 is 0 Å². The van der Waals surface area contributed by atoms with Crippen molar-refractivity contribution >= 4 is 11.8 Å². The lowest BCUT2D eigenvalue weighted by atomic mass is 10.1. The summed E-state index contributed by atoms with van der Waals surface area (Å²) < 4.78 is 13.7. The molecule has 0 aliphatic heterocycles. The van der Waals surface area contributed by atoms with E-state index in [2.05, 4.69) is 0 Å². The van der Waals surface area contributed by atoms with Crippen molar-refractivity contribution in [2.24, 2.45) is 0 Å². The van der Waals surface area contributed by atoms with Crippen molar-refractivity contribution in [1.29, 1.82) is 0 Å². The van der Waals surface area contributed by atoms with E-state index >= 15 is 0 Å². The molecule has 2 rings (SSSR count). The number of hydrogen-bond donors (Lipinski definition) is 2. The molecule has 1 saturated carbocycles. The minimum absolute atomic E-state index is 0.0667. The first kappa shape index (κ1) is 9.80. The van der Waals surface area contributed by atoms with Gasteiger partial charge in [0.1, 0.15) is 11.6 Å². The molecule has 0 spiro atoms. The smallest absolute Gasteiger partial charge is 0.146 e. The van der Waals surface area contributed by atoms with Crippen LogP contribution in [0.25, 0.3) is 0 Å². The predicted octanol–water partition coefficient (Wildman–Crippen LogP) is 2.23. The van der Waals surface area contributed by atoms with Crippen molar-refractivity contribution in [2.75, 3.05) is 6.26 Å². The third-order valence-corrected chi connectivity index (χ3v) is 3.30. The first-order chi connectivity index (χ1) is 6.58. The number of phenolic OH excluding ortho intramolecular Hbond substituents is 1. The molecule has 1 aliphatic rings. The Bertz CT molecular complexity index is 375. The van der Waals surface area contributed by atoms with Crippen LogP contribution in [0.5, 0.6) is 5.75 Å². The molecule has 14 heavy (non-hydrogen) atoms. The van der Waals surface area contributed by atoms with E-state index in [4.69, 9.17) is 0 Å². The Labute approximate surface area is 85.8 Å². The third-order valence-electron chi connectivity index (χ3n) is 2.51. The maximum absolute atomic E-state index is 13.7. The molecule has 0 saturated heterocycles. The molecule has 1 aromatic rings. The zero-order valence-electron chi connectivity index (χ0n) is 7.75. The summed E-state index contributed by atoms with van der Waals surface area (Å²) in [5.41, 5.74) is -0.679. The molecule has 0 radical (unpaired) electrons. The molecule has 2 nitrogen and oxygen atoms in total. The second-order valence-corrected chi connectivity index (χ2v) is 4.33. The van der Waals surface area contributed by atoms with Crippen molar-refractivity contribution in [3.05, 3.63) is 23.5 Å². The van der Waals surface area contributed by atoms with Crippen LogP contribution in [0.2, 0.25) is 0 Å². The lowest BCUT2D eigenvalue weighted by Gasteiger charge is -2.12. The van der Waals surface area contributed by atoms with Crippen LogP contribution in [0.1, 0.15) is 18.4 Å². The van der Waals surface area contributed by atoms with Crippen molar-refractivity contribution < 1.29 is 14.6 Å². The van der Waals surface area contributed by atoms with Crippen LogP contribution >= 0.6 is 11.8 Å². The highest BCUT2D eigenvalue weighted by atomic mass is 32.2. The topological polar surface area (TPSA) is 40.5 Å². The van der Waals surface area contributed by atoms with Crippen LogP contribution in [0.3, 0.4) is 0 Å². The summed E-state index contributed by atoms with van der Waals surface area (Å²) in [6, 6.07) is 2.89. The molecule has 1 aliphatic carbocycles. The molecular weight excluding hydrogens is 203 g/mol. The Morgan fingerprint density at radius 3 is 2.57 bits per heavy atom. The highest BCUT2D eigenvalue weighted by Crippen LogP contribution is 2.48. The summed E-state index contributed by atoms with van der Waals surface area (Å²) in [6.07, 6.45) is 2.89. The van der Waals surface area contributed by atoms with E-state index in [0.717, 1.165) is 11.8 Å². The van der Waals surface area contributed by atoms with E-state index in [9.17, 15) is 14.6 Å². The van der Waals surface area contributed by atoms with Crippen LogP contribution in [0.4, 0.5) is 4.39 Å². The SMILES string of the molecule is CSc1c(O)ccc(C2(O)CC2)c1F. The van der Waals surface area contributed by atoms with Gasteiger partial charge < -0.3 is 10.2 Å². The monoisotopic (exact) mass is 214 g/mol. The number of benzene rings is 1. The summed E-state index contributed by atoms with van der Waals surface area (Å²) >= 11 is 1.14. The molecular formula is C10H11FO2S. The first-order valence-electron chi connectivity index (χ1n) is 4.37. The van der Waals surface area contributed by atoms with Gasteiger partial charge in [-0.15, -0.1) is 11.8 Å². The van der Waals surface area contributed by atoms with Crippen molar-refractivity contribution in [3.8, 4) is 5.75 Å². The predicted molar refractivity (Wildman–Crippen MR) is 53.0 cm³/mol. The van der Waals surface area contributed by atoms with Crippen LogP contribution in [-0.4, -0.2) is 16.5 Å². The van der Waals surface area contributed by atoms with E-state index in [1.54, 1.807) is 6.26 Å². The standard InChI is InChI=1S/C10H11FO2S/c1-14-9-7(12)3-2-6(8(9)11)10(13)4-5-10/h2-3,12-13H,4-5H2,1H3. The van der Waals surface area contributed by atoms with Crippen molar-refractivity contribution in [2.45, 2.75) is 23.3 Å². The number of aliphatic hydroxyl groups is 1. The molecule has 1 fully saturated rings.